The molecule has 0 saturated heterocycles. The van der Waals surface area contributed by atoms with Crippen LogP contribution in [-0.2, 0) is 0 Å². The van der Waals surface area contributed by atoms with Crippen molar-refractivity contribution in [3.05, 3.63) is 45.7 Å². The minimum atomic E-state index is -0.851. The van der Waals surface area contributed by atoms with Crippen LogP contribution < -0.4 is 0 Å². The van der Waals surface area contributed by atoms with Crippen LogP contribution in [0.4, 0.5) is 4.39 Å². The quantitative estimate of drug-likeness (QED) is 0.873. The molecule has 0 spiro atoms. The fourth-order valence-corrected chi connectivity index (χ4v) is 2.19. The molecule has 2 aromatic rings. The first kappa shape index (κ1) is 11.2. The van der Waals surface area contributed by atoms with Gasteiger partial charge < -0.3 is 5.11 Å². The number of aliphatic hydroxyl groups excluding tert-OH is 1. The van der Waals surface area contributed by atoms with Crippen LogP contribution in [0.3, 0.4) is 0 Å². The summed E-state index contributed by atoms with van der Waals surface area (Å²) in [5, 5.41) is 14.0. The lowest BCUT2D eigenvalue weighted by atomic mass is 10.0. The van der Waals surface area contributed by atoms with Crippen molar-refractivity contribution in [2.75, 3.05) is 0 Å². The Labute approximate surface area is 96.7 Å². The molecule has 1 aromatic carbocycles. The van der Waals surface area contributed by atoms with Crippen LogP contribution in [0.5, 0.6) is 0 Å². The zero-order valence-electron chi connectivity index (χ0n) is 8.94. The monoisotopic (exact) mass is 238 g/mol. The van der Waals surface area contributed by atoms with Gasteiger partial charge >= 0.3 is 0 Å². The highest BCUT2D eigenvalue weighted by Crippen LogP contribution is 2.28. The normalized spacial score (nSPS) is 12.8. The Morgan fingerprint density at radius 3 is 2.75 bits per heavy atom. The molecule has 1 aromatic heterocycles. The standard InChI is InChI=1S/C11H11FN2OS/c1-6-3-4-8(12)5-9(6)10(15)11-7(2)13-14-16-11/h3-5,10,15H,1-2H3. The molecule has 1 N–H and O–H groups in total. The number of rotatable bonds is 2. The molecular weight excluding hydrogens is 227 g/mol. The van der Waals surface area contributed by atoms with Crippen molar-refractivity contribution in [2.45, 2.75) is 20.0 Å². The molecule has 16 heavy (non-hydrogen) atoms. The summed E-state index contributed by atoms with van der Waals surface area (Å²) >= 11 is 1.13. The van der Waals surface area contributed by atoms with E-state index in [2.05, 4.69) is 9.59 Å². The van der Waals surface area contributed by atoms with Gasteiger partial charge in [0.1, 0.15) is 11.9 Å². The van der Waals surface area contributed by atoms with E-state index in [1.54, 1.807) is 13.0 Å². The van der Waals surface area contributed by atoms with Crippen molar-refractivity contribution in [1.29, 1.82) is 0 Å². The first-order chi connectivity index (χ1) is 7.59. The number of hydrogen-bond donors (Lipinski definition) is 1. The van der Waals surface area contributed by atoms with Crippen LogP contribution in [0.2, 0.25) is 0 Å². The maximum atomic E-state index is 13.1. The lowest BCUT2D eigenvalue weighted by molar-refractivity contribution is 0.222. The number of halogens is 1. The average Bonchev–Trinajstić information content (AvgIpc) is 2.67. The molecular formula is C11H11FN2OS. The highest BCUT2D eigenvalue weighted by Gasteiger charge is 2.18. The first-order valence-electron chi connectivity index (χ1n) is 4.82. The van der Waals surface area contributed by atoms with E-state index in [0.717, 1.165) is 17.1 Å². The zero-order chi connectivity index (χ0) is 11.7. The van der Waals surface area contributed by atoms with Gasteiger partial charge in [0.05, 0.1) is 10.6 Å². The van der Waals surface area contributed by atoms with E-state index in [0.29, 0.717) is 16.1 Å². The van der Waals surface area contributed by atoms with Crippen LogP contribution in [0.25, 0.3) is 0 Å². The van der Waals surface area contributed by atoms with Crippen molar-refractivity contribution in [3.8, 4) is 0 Å². The number of hydrogen-bond acceptors (Lipinski definition) is 4. The lowest BCUT2D eigenvalue weighted by Gasteiger charge is -2.12. The van der Waals surface area contributed by atoms with E-state index in [1.807, 2.05) is 6.92 Å². The molecule has 0 saturated carbocycles. The second kappa shape index (κ2) is 4.27. The number of aromatic nitrogens is 2. The summed E-state index contributed by atoms with van der Waals surface area (Å²) in [6, 6.07) is 4.38. The molecule has 0 aliphatic rings. The van der Waals surface area contributed by atoms with Gasteiger partial charge in [0.2, 0.25) is 0 Å². The summed E-state index contributed by atoms with van der Waals surface area (Å²) in [5.74, 6) is -0.352. The molecule has 1 heterocycles. The summed E-state index contributed by atoms with van der Waals surface area (Å²) in [7, 11) is 0. The van der Waals surface area contributed by atoms with Gasteiger partial charge in [-0.25, -0.2) is 4.39 Å². The molecule has 0 radical (unpaired) electrons. The maximum absolute atomic E-state index is 13.1. The van der Waals surface area contributed by atoms with Gasteiger partial charge in [-0.05, 0) is 48.6 Å². The Hall–Kier alpha value is -1.33. The first-order valence-corrected chi connectivity index (χ1v) is 5.60. The van der Waals surface area contributed by atoms with Gasteiger partial charge in [0.15, 0.2) is 0 Å². The van der Waals surface area contributed by atoms with Gasteiger partial charge in [0, 0.05) is 0 Å². The Balaban J connectivity index is 2.45. The van der Waals surface area contributed by atoms with Gasteiger partial charge in [-0.3, -0.25) is 0 Å². The van der Waals surface area contributed by atoms with Crippen molar-refractivity contribution in [2.24, 2.45) is 0 Å². The van der Waals surface area contributed by atoms with Crippen molar-refractivity contribution in [1.82, 2.24) is 9.59 Å². The molecule has 0 bridgehead atoms. The van der Waals surface area contributed by atoms with Crippen LogP contribution >= 0.6 is 11.5 Å². The summed E-state index contributed by atoms with van der Waals surface area (Å²) in [6.07, 6.45) is -0.851. The fraction of sp³-hybridized carbons (Fsp3) is 0.273. The smallest absolute Gasteiger partial charge is 0.123 e. The Kier molecular flexibility index (Phi) is 2.98. The molecule has 2 rings (SSSR count). The van der Waals surface area contributed by atoms with E-state index in [-0.39, 0.29) is 5.82 Å². The average molecular weight is 238 g/mol. The third-order valence-corrected chi connectivity index (χ3v) is 3.35. The van der Waals surface area contributed by atoms with E-state index >= 15 is 0 Å². The maximum Gasteiger partial charge on any atom is 0.123 e. The molecule has 0 aliphatic carbocycles. The van der Waals surface area contributed by atoms with Crippen LogP contribution in [0.15, 0.2) is 18.2 Å². The number of aryl methyl sites for hydroxylation is 2. The Morgan fingerprint density at radius 1 is 1.38 bits per heavy atom. The summed E-state index contributed by atoms with van der Waals surface area (Å²) in [5.41, 5.74) is 2.09. The molecule has 3 nitrogen and oxygen atoms in total. The Morgan fingerprint density at radius 2 is 2.12 bits per heavy atom. The van der Waals surface area contributed by atoms with Gasteiger partial charge in [0.25, 0.3) is 0 Å². The molecule has 1 unspecified atom stereocenters. The number of nitrogens with zero attached hydrogens (tertiary/aromatic N) is 2. The summed E-state index contributed by atoms with van der Waals surface area (Å²) in [6.45, 7) is 3.61. The van der Waals surface area contributed by atoms with Gasteiger partial charge in [-0.1, -0.05) is 10.6 Å². The summed E-state index contributed by atoms with van der Waals surface area (Å²) in [4.78, 5) is 0.661. The highest BCUT2D eigenvalue weighted by atomic mass is 32.1. The van der Waals surface area contributed by atoms with Crippen LogP contribution in [0, 0.1) is 19.7 Å². The van der Waals surface area contributed by atoms with Crippen LogP contribution in [0.1, 0.15) is 27.8 Å². The van der Waals surface area contributed by atoms with E-state index in [9.17, 15) is 9.50 Å². The second-order valence-corrected chi connectivity index (χ2v) is 4.41. The SMILES string of the molecule is Cc1ccc(F)cc1C(O)c1snnc1C. The predicted molar refractivity (Wildman–Crippen MR) is 59.8 cm³/mol. The van der Waals surface area contributed by atoms with E-state index in [4.69, 9.17) is 0 Å². The minimum absolute atomic E-state index is 0.352. The minimum Gasteiger partial charge on any atom is -0.383 e. The van der Waals surface area contributed by atoms with Crippen molar-refractivity contribution < 1.29 is 9.50 Å². The third kappa shape index (κ3) is 1.96. The molecule has 0 aliphatic heterocycles. The van der Waals surface area contributed by atoms with Crippen molar-refractivity contribution in [3.63, 3.8) is 0 Å². The summed E-state index contributed by atoms with van der Waals surface area (Å²) < 4.78 is 16.9. The predicted octanol–water partition coefficient (Wildman–Crippen LogP) is 2.38. The molecule has 1 atom stereocenters. The number of benzene rings is 1. The highest BCUT2D eigenvalue weighted by molar-refractivity contribution is 7.05. The second-order valence-electron chi connectivity index (χ2n) is 3.63. The molecule has 0 amide bonds. The van der Waals surface area contributed by atoms with Gasteiger partial charge in [-0.15, -0.1) is 5.10 Å². The Bertz CT molecular complexity index is 512. The van der Waals surface area contributed by atoms with Crippen LogP contribution in [-0.4, -0.2) is 14.7 Å². The topological polar surface area (TPSA) is 46.0 Å². The molecule has 0 fully saturated rings. The van der Waals surface area contributed by atoms with Crippen molar-refractivity contribution >= 4 is 11.5 Å². The third-order valence-electron chi connectivity index (χ3n) is 2.47. The lowest BCUT2D eigenvalue weighted by Crippen LogP contribution is -2.02. The van der Waals surface area contributed by atoms with Gasteiger partial charge in [-0.2, -0.15) is 0 Å². The molecule has 5 heteroatoms. The fourth-order valence-electron chi connectivity index (χ4n) is 1.54. The van der Waals surface area contributed by atoms with E-state index < -0.39 is 6.10 Å². The number of aliphatic hydroxyl groups is 1. The molecule has 84 valence electrons. The largest absolute Gasteiger partial charge is 0.383 e. The zero-order valence-corrected chi connectivity index (χ0v) is 9.75. The van der Waals surface area contributed by atoms with E-state index in [1.165, 1.54) is 12.1 Å².